The summed E-state index contributed by atoms with van der Waals surface area (Å²) in [6, 6.07) is 0. The lowest BCUT2D eigenvalue weighted by Gasteiger charge is -2.17. The van der Waals surface area contributed by atoms with E-state index in [1.54, 1.807) is 6.92 Å². The van der Waals surface area contributed by atoms with Crippen LogP contribution in [0.5, 0.6) is 0 Å². The first-order valence-electron chi connectivity index (χ1n) is 5.72. The smallest absolute Gasteiger partial charge is 0.321 e. The van der Waals surface area contributed by atoms with Gasteiger partial charge in [-0.05, 0) is 37.5 Å². The van der Waals surface area contributed by atoms with Gasteiger partial charge in [-0.1, -0.05) is 0 Å². The summed E-state index contributed by atoms with van der Waals surface area (Å²) >= 11 is 0. The van der Waals surface area contributed by atoms with Crippen LogP contribution in [0, 0.1) is 26.2 Å². The number of carboxylic acid groups (broad SMARTS) is 2. The van der Waals surface area contributed by atoms with Gasteiger partial charge in [0.15, 0.2) is 5.41 Å². The van der Waals surface area contributed by atoms with E-state index in [-0.39, 0.29) is 12.8 Å². The molecule has 0 spiro atoms. The molecule has 5 heteroatoms. The summed E-state index contributed by atoms with van der Waals surface area (Å²) in [6.45, 7) is 5.51. The Morgan fingerprint density at radius 2 is 1.50 bits per heavy atom. The zero-order chi connectivity index (χ0) is 13.7. The third-order valence-electron chi connectivity index (χ3n) is 3.91. The number of aryl methyl sites for hydroxylation is 2. The summed E-state index contributed by atoms with van der Waals surface area (Å²) in [5.41, 5.74) is 2.36. The van der Waals surface area contributed by atoms with Crippen LogP contribution < -0.4 is 0 Å². The normalized spacial score (nSPS) is 16.4. The van der Waals surface area contributed by atoms with Gasteiger partial charge in [-0.3, -0.25) is 14.6 Å². The quantitative estimate of drug-likeness (QED) is 0.770. The molecule has 0 fully saturated rings. The number of fused-ring (bicyclic) bond motifs is 1. The highest BCUT2D eigenvalue weighted by molar-refractivity contribution is 6.00. The Morgan fingerprint density at radius 1 is 1.00 bits per heavy atom. The van der Waals surface area contributed by atoms with Crippen LogP contribution >= 0.6 is 0 Å². The molecule has 0 aromatic carbocycles. The number of aromatic nitrogens is 1. The first-order valence-corrected chi connectivity index (χ1v) is 5.72. The van der Waals surface area contributed by atoms with E-state index in [1.807, 2.05) is 13.8 Å². The monoisotopic (exact) mass is 249 g/mol. The molecule has 2 N–H and O–H groups in total. The molecule has 0 unspecified atom stereocenters. The second kappa shape index (κ2) is 3.80. The second-order valence-corrected chi connectivity index (χ2v) is 4.91. The Kier molecular flexibility index (Phi) is 2.65. The second-order valence-electron chi connectivity index (χ2n) is 4.91. The fourth-order valence-electron chi connectivity index (χ4n) is 2.60. The number of pyridine rings is 1. The minimum atomic E-state index is -1.73. The molecule has 0 amide bonds. The Hall–Kier alpha value is -1.91. The van der Waals surface area contributed by atoms with Crippen molar-refractivity contribution < 1.29 is 19.8 Å². The van der Waals surface area contributed by atoms with Crippen molar-refractivity contribution >= 4 is 11.9 Å². The minimum absolute atomic E-state index is 0.0208. The van der Waals surface area contributed by atoms with Gasteiger partial charge in [0.2, 0.25) is 0 Å². The van der Waals surface area contributed by atoms with Crippen LogP contribution in [0.1, 0.15) is 28.1 Å². The molecule has 0 bridgehead atoms. The van der Waals surface area contributed by atoms with Gasteiger partial charge in [-0.2, -0.15) is 0 Å². The lowest BCUT2D eigenvalue weighted by atomic mass is 9.84. The number of rotatable bonds is 2. The SMILES string of the molecule is Cc1nc(C)c2c(c1C)CC(C(=O)O)(C(=O)O)C2. The van der Waals surface area contributed by atoms with Crippen molar-refractivity contribution in [1.29, 1.82) is 0 Å². The summed E-state index contributed by atoms with van der Waals surface area (Å²) in [5, 5.41) is 18.5. The number of aliphatic carboxylic acids is 2. The maximum absolute atomic E-state index is 11.3. The summed E-state index contributed by atoms with van der Waals surface area (Å²) in [5.74, 6) is -2.55. The lowest BCUT2D eigenvalue weighted by molar-refractivity contribution is -0.163. The molecule has 0 atom stereocenters. The predicted molar refractivity (Wildman–Crippen MR) is 63.6 cm³/mol. The standard InChI is InChI=1S/C13H15NO4/c1-6-7(2)14-8(3)10-5-13(11(15)16,12(17)18)4-9(6)10/h4-5H2,1-3H3,(H,15,16)(H,17,18). The van der Waals surface area contributed by atoms with Crippen molar-refractivity contribution in [2.75, 3.05) is 0 Å². The summed E-state index contributed by atoms with van der Waals surface area (Å²) < 4.78 is 0. The molecule has 18 heavy (non-hydrogen) atoms. The van der Waals surface area contributed by atoms with Gasteiger partial charge >= 0.3 is 11.9 Å². The van der Waals surface area contributed by atoms with Crippen molar-refractivity contribution in [3.8, 4) is 0 Å². The fourth-order valence-corrected chi connectivity index (χ4v) is 2.60. The molecule has 1 aromatic rings. The fraction of sp³-hybridized carbons (Fsp3) is 0.462. The van der Waals surface area contributed by atoms with Crippen molar-refractivity contribution in [2.24, 2.45) is 5.41 Å². The third-order valence-corrected chi connectivity index (χ3v) is 3.91. The van der Waals surface area contributed by atoms with Crippen LogP contribution in [0.3, 0.4) is 0 Å². The average Bonchev–Trinajstić information content (AvgIpc) is 2.68. The highest BCUT2D eigenvalue weighted by atomic mass is 16.4. The van der Waals surface area contributed by atoms with Crippen molar-refractivity contribution in [2.45, 2.75) is 33.6 Å². The van der Waals surface area contributed by atoms with E-state index in [0.29, 0.717) is 0 Å². The zero-order valence-electron chi connectivity index (χ0n) is 10.6. The maximum atomic E-state index is 11.3. The van der Waals surface area contributed by atoms with Gasteiger partial charge < -0.3 is 10.2 Å². The van der Waals surface area contributed by atoms with Crippen LogP contribution in [0.25, 0.3) is 0 Å². The van der Waals surface area contributed by atoms with Gasteiger partial charge in [-0.15, -0.1) is 0 Å². The number of carboxylic acids is 2. The number of hydrogen-bond donors (Lipinski definition) is 2. The lowest BCUT2D eigenvalue weighted by Crippen LogP contribution is -2.40. The average molecular weight is 249 g/mol. The van der Waals surface area contributed by atoms with Crippen molar-refractivity contribution in [3.05, 3.63) is 28.1 Å². The molecule has 2 rings (SSSR count). The zero-order valence-corrected chi connectivity index (χ0v) is 10.6. The third kappa shape index (κ3) is 1.50. The molecule has 1 aliphatic carbocycles. The van der Waals surface area contributed by atoms with Crippen LogP contribution in [0.4, 0.5) is 0 Å². The number of carbonyl (C=O) groups is 2. The molecule has 0 aliphatic heterocycles. The molecule has 96 valence electrons. The van der Waals surface area contributed by atoms with E-state index in [1.165, 1.54) is 0 Å². The van der Waals surface area contributed by atoms with E-state index >= 15 is 0 Å². The summed E-state index contributed by atoms with van der Waals surface area (Å²) in [4.78, 5) is 27.0. The molecule has 1 aromatic heterocycles. The molecule has 1 aliphatic rings. The summed E-state index contributed by atoms with van der Waals surface area (Å²) in [7, 11) is 0. The molecule has 0 saturated heterocycles. The van der Waals surface area contributed by atoms with Gasteiger partial charge in [0, 0.05) is 24.2 Å². The van der Waals surface area contributed by atoms with Crippen molar-refractivity contribution in [1.82, 2.24) is 4.98 Å². The number of hydrogen-bond acceptors (Lipinski definition) is 3. The van der Waals surface area contributed by atoms with E-state index in [0.717, 1.165) is 28.1 Å². The molecule has 1 heterocycles. The molecule has 0 radical (unpaired) electrons. The maximum Gasteiger partial charge on any atom is 0.321 e. The highest BCUT2D eigenvalue weighted by Gasteiger charge is 2.52. The predicted octanol–water partition coefficient (Wildman–Crippen LogP) is 1.26. The van der Waals surface area contributed by atoms with E-state index in [9.17, 15) is 19.8 Å². The Bertz CT molecular complexity index is 549. The Balaban J connectivity index is 2.62. The van der Waals surface area contributed by atoms with Gasteiger partial charge in [-0.25, -0.2) is 0 Å². The van der Waals surface area contributed by atoms with E-state index in [4.69, 9.17) is 0 Å². The minimum Gasteiger partial charge on any atom is -0.480 e. The topological polar surface area (TPSA) is 87.5 Å². The van der Waals surface area contributed by atoms with E-state index in [2.05, 4.69) is 4.98 Å². The van der Waals surface area contributed by atoms with Crippen LogP contribution in [-0.4, -0.2) is 27.1 Å². The molecule has 0 saturated carbocycles. The van der Waals surface area contributed by atoms with Crippen LogP contribution in [0.2, 0.25) is 0 Å². The highest BCUT2D eigenvalue weighted by Crippen LogP contribution is 2.40. The van der Waals surface area contributed by atoms with Gasteiger partial charge in [0.1, 0.15) is 0 Å². The molecular weight excluding hydrogens is 234 g/mol. The first-order chi connectivity index (χ1) is 8.29. The summed E-state index contributed by atoms with van der Waals surface area (Å²) in [6.07, 6.45) is 0.0655. The van der Waals surface area contributed by atoms with Crippen LogP contribution in [0.15, 0.2) is 0 Å². The largest absolute Gasteiger partial charge is 0.480 e. The number of nitrogens with zero attached hydrogens (tertiary/aromatic N) is 1. The van der Waals surface area contributed by atoms with Crippen LogP contribution in [-0.2, 0) is 22.4 Å². The molecular formula is C13H15NO4. The van der Waals surface area contributed by atoms with Crippen molar-refractivity contribution in [3.63, 3.8) is 0 Å². The first kappa shape index (κ1) is 12.5. The van der Waals surface area contributed by atoms with Gasteiger partial charge in [0.05, 0.1) is 0 Å². The van der Waals surface area contributed by atoms with Gasteiger partial charge in [0.25, 0.3) is 0 Å². The Morgan fingerprint density at radius 3 is 2.00 bits per heavy atom. The molecule has 5 nitrogen and oxygen atoms in total. The van der Waals surface area contributed by atoms with E-state index < -0.39 is 17.4 Å². The Labute approximate surface area is 104 Å².